The molecule has 0 aliphatic carbocycles. The summed E-state index contributed by atoms with van der Waals surface area (Å²) >= 11 is 0. The summed E-state index contributed by atoms with van der Waals surface area (Å²) in [5.74, 6) is 0.0416. The van der Waals surface area contributed by atoms with E-state index in [0.29, 0.717) is 5.56 Å². The van der Waals surface area contributed by atoms with E-state index in [9.17, 15) is 13.0 Å². The number of rotatable bonds is 2. The molecule has 0 aliphatic heterocycles. The Balaban J connectivity index is -0.000000563. The second-order valence-corrected chi connectivity index (χ2v) is 4.49. The topological polar surface area (TPSA) is 93.7 Å². The van der Waals surface area contributed by atoms with Crippen molar-refractivity contribution in [3.8, 4) is 0 Å². The first kappa shape index (κ1) is 22.9. The first-order chi connectivity index (χ1) is 5.93. The van der Waals surface area contributed by atoms with E-state index < -0.39 is 10.1 Å². The summed E-state index contributed by atoms with van der Waals surface area (Å²) in [6.45, 7) is 3.70. The average Bonchev–Trinajstić information content (AvgIpc) is 2.03. The summed E-state index contributed by atoms with van der Waals surface area (Å²) in [5.41, 5.74) is 0.581. The first-order valence-corrected chi connectivity index (χ1v) is 5.38. The molecule has 1 rings (SSSR count). The smallest absolute Gasteiger partial charge is 0.124 e. The molecule has 0 atom stereocenters. The Kier molecular flexibility index (Phi) is 13.8. The van der Waals surface area contributed by atoms with E-state index in [1.54, 1.807) is 18.2 Å². The van der Waals surface area contributed by atoms with Gasteiger partial charge in [-0.3, -0.25) is 0 Å². The van der Waals surface area contributed by atoms with Gasteiger partial charge in [0.25, 0.3) is 0 Å². The normalized spacial score (nSPS) is 9.75. The van der Waals surface area contributed by atoms with Crippen LogP contribution in [0.25, 0.3) is 0 Å². The van der Waals surface area contributed by atoms with Gasteiger partial charge in [-0.15, -0.1) is 0 Å². The number of benzene rings is 1. The molecule has 1 aromatic rings. The van der Waals surface area contributed by atoms with Crippen LogP contribution in [-0.2, 0) is 10.1 Å². The molecule has 0 amide bonds. The SMILES string of the molecule is CC(C)c1ccccc1S(=O)(=O)[O-].[K].[NH4+].[Na]. The van der Waals surface area contributed by atoms with E-state index in [-0.39, 0.29) is 97.9 Å². The Labute approximate surface area is 162 Å². The summed E-state index contributed by atoms with van der Waals surface area (Å²) in [4.78, 5) is -0.106. The summed E-state index contributed by atoms with van der Waals surface area (Å²) in [6.07, 6.45) is 0. The van der Waals surface area contributed by atoms with Gasteiger partial charge >= 0.3 is 0 Å². The largest absolute Gasteiger partial charge is 0.744 e. The van der Waals surface area contributed by atoms with Crippen molar-refractivity contribution in [3.63, 3.8) is 0 Å². The number of hydrogen-bond acceptors (Lipinski definition) is 3. The molecule has 0 aliphatic rings. The maximum atomic E-state index is 10.8. The zero-order valence-electron chi connectivity index (χ0n) is 10.5. The van der Waals surface area contributed by atoms with Crippen LogP contribution in [0.3, 0.4) is 0 Å². The monoisotopic (exact) mass is 279 g/mol. The molecular weight excluding hydrogens is 264 g/mol. The van der Waals surface area contributed by atoms with Crippen molar-refractivity contribution in [1.82, 2.24) is 6.15 Å². The van der Waals surface area contributed by atoms with Crippen LogP contribution < -0.4 is 6.15 Å². The Hall–Kier alpha value is 1.73. The van der Waals surface area contributed by atoms with E-state index in [1.165, 1.54) is 6.07 Å². The van der Waals surface area contributed by atoms with Crippen LogP contribution in [0.4, 0.5) is 0 Å². The molecule has 0 saturated carbocycles. The van der Waals surface area contributed by atoms with Crippen molar-refractivity contribution < 1.29 is 13.0 Å². The van der Waals surface area contributed by atoms with Gasteiger partial charge in [0.2, 0.25) is 0 Å². The molecular formula is C9H15KNNaO3S. The fourth-order valence-corrected chi connectivity index (χ4v) is 2.02. The van der Waals surface area contributed by atoms with Gasteiger partial charge in [0.05, 0.1) is 4.90 Å². The number of quaternary nitrogens is 1. The van der Waals surface area contributed by atoms with Crippen molar-refractivity contribution >= 4 is 91.1 Å². The molecule has 0 saturated heterocycles. The Bertz CT molecular complexity index is 409. The molecule has 0 bridgehead atoms. The molecule has 0 aromatic heterocycles. The fraction of sp³-hybridized carbons (Fsp3) is 0.333. The van der Waals surface area contributed by atoms with Gasteiger partial charge in [-0.1, -0.05) is 32.0 Å². The zero-order valence-corrected chi connectivity index (χ0v) is 16.5. The van der Waals surface area contributed by atoms with Crippen LogP contribution in [0, 0.1) is 0 Å². The molecule has 0 heterocycles. The van der Waals surface area contributed by atoms with Gasteiger partial charge in [-0.2, -0.15) is 0 Å². The van der Waals surface area contributed by atoms with Gasteiger partial charge < -0.3 is 10.7 Å². The van der Waals surface area contributed by atoms with Gasteiger partial charge in [-0.25, -0.2) is 8.42 Å². The molecule has 82 valence electrons. The Morgan fingerprint density at radius 2 is 1.62 bits per heavy atom. The minimum Gasteiger partial charge on any atom is -0.744 e. The minimum absolute atomic E-state index is 0. The summed E-state index contributed by atoms with van der Waals surface area (Å²) < 4.78 is 32.4. The van der Waals surface area contributed by atoms with Crippen molar-refractivity contribution in [2.45, 2.75) is 24.7 Å². The fourth-order valence-electron chi connectivity index (χ4n) is 1.19. The predicted octanol–water partition coefficient (Wildman–Crippen LogP) is 1.33. The third-order valence-corrected chi connectivity index (χ3v) is 2.72. The third kappa shape index (κ3) is 6.60. The van der Waals surface area contributed by atoms with Crippen LogP contribution >= 0.6 is 0 Å². The third-order valence-electron chi connectivity index (χ3n) is 1.81. The maximum Gasteiger partial charge on any atom is 0.124 e. The van der Waals surface area contributed by atoms with Crippen molar-refractivity contribution in [2.24, 2.45) is 0 Å². The molecule has 1 aromatic carbocycles. The second kappa shape index (κ2) is 9.63. The Morgan fingerprint density at radius 3 is 1.94 bits per heavy atom. The van der Waals surface area contributed by atoms with Crippen LogP contribution in [0.15, 0.2) is 29.2 Å². The van der Waals surface area contributed by atoms with Crippen molar-refractivity contribution in [1.29, 1.82) is 0 Å². The van der Waals surface area contributed by atoms with E-state index in [2.05, 4.69) is 0 Å². The van der Waals surface area contributed by atoms with Crippen molar-refractivity contribution in [3.05, 3.63) is 29.8 Å². The molecule has 0 spiro atoms. The van der Waals surface area contributed by atoms with Crippen molar-refractivity contribution in [2.75, 3.05) is 0 Å². The zero-order chi connectivity index (χ0) is 10.1. The average molecular weight is 279 g/mol. The van der Waals surface area contributed by atoms with E-state index in [1.807, 2.05) is 13.8 Å². The molecule has 4 N–H and O–H groups in total. The van der Waals surface area contributed by atoms with E-state index in [0.717, 1.165) is 0 Å². The standard InChI is InChI=1S/C9H12O3S.K.H3N.Na/c1-7(2)8-5-3-4-6-9(8)13(10,11)12;;;/h3-7H,1-2H3,(H,10,11,12);;1H3;. The van der Waals surface area contributed by atoms with Crippen LogP contribution in [0.2, 0.25) is 0 Å². The molecule has 4 nitrogen and oxygen atoms in total. The molecule has 0 unspecified atom stereocenters. The minimum atomic E-state index is -4.33. The van der Waals surface area contributed by atoms with Gasteiger partial charge in [0.15, 0.2) is 0 Å². The second-order valence-electron chi connectivity index (χ2n) is 3.15. The van der Waals surface area contributed by atoms with E-state index >= 15 is 0 Å². The van der Waals surface area contributed by atoms with Crippen LogP contribution in [0.5, 0.6) is 0 Å². The molecule has 2 radical (unpaired) electrons. The molecule has 0 fully saturated rings. The Morgan fingerprint density at radius 1 is 1.19 bits per heavy atom. The predicted molar refractivity (Wildman–Crippen MR) is 66.0 cm³/mol. The molecule has 7 heteroatoms. The van der Waals surface area contributed by atoms with Crippen LogP contribution in [-0.4, -0.2) is 93.9 Å². The van der Waals surface area contributed by atoms with Gasteiger partial charge in [0, 0.05) is 80.9 Å². The van der Waals surface area contributed by atoms with E-state index in [4.69, 9.17) is 0 Å². The first-order valence-electron chi connectivity index (χ1n) is 3.97. The summed E-state index contributed by atoms with van der Waals surface area (Å²) in [7, 11) is -4.33. The van der Waals surface area contributed by atoms with Gasteiger partial charge in [0.1, 0.15) is 10.1 Å². The van der Waals surface area contributed by atoms with Crippen LogP contribution in [0.1, 0.15) is 25.3 Å². The molecule has 16 heavy (non-hydrogen) atoms. The number of hydrogen-bond donors (Lipinski definition) is 1. The van der Waals surface area contributed by atoms with Gasteiger partial charge in [-0.05, 0) is 17.5 Å². The quantitative estimate of drug-likeness (QED) is 0.653. The maximum absolute atomic E-state index is 10.8. The summed E-state index contributed by atoms with van der Waals surface area (Å²) in [6, 6.07) is 6.29. The summed E-state index contributed by atoms with van der Waals surface area (Å²) in [5, 5.41) is 0.